The van der Waals surface area contributed by atoms with Gasteiger partial charge in [-0.2, -0.15) is 0 Å². The maximum atomic E-state index is 11.6. The first-order valence-corrected chi connectivity index (χ1v) is 6.42. The van der Waals surface area contributed by atoms with Gasteiger partial charge in [-0.3, -0.25) is 4.79 Å². The second kappa shape index (κ2) is 6.36. The number of rotatable bonds is 5. The molecule has 1 aromatic rings. The van der Waals surface area contributed by atoms with E-state index in [0.29, 0.717) is 17.9 Å². The number of aromatic carboxylic acids is 1. The molecular formula is C14H21N3O3. The van der Waals surface area contributed by atoms with Gasteiger partial charge in [0.2, 0.25) is 5.91 Å². The van der Waals surface area contributed by atoms with Gasteiger partial charge in [0.05, 0.1) is 5.92 Å². The molecule has 6 heteroatoms. The first-order valence-electron chi connectivity index (χ1n) is 6.42. The zero-order valence-electron chi connectivity index (χ0n) is 12.5. The van der Waals surface area contributed by atoms with Crippen LogP contribution in [-0.4, -0.2) is 42.6 Å². The van der Waals surface area contributed by atoms with E-state index in [1.165, 1.54) is 0 Å². The predicted molar refractivity (Wildman–Crippen MR) is 77.2 cm³/mol. The third-order valence-electron chi connectivity index (χ3n) is 3.14. The van der Waals surface area contributed by atoms with Gasteiger partial charge in [-0.05, 0) is 25.5 Å². The SMILES string of the molecule is CNC(=O)C(C)CN(C)c1nc(C)cc(C)c1C(=O)O. The minimum Gasteiger partial charge on any atom is -0.478 e. The lowest BCUT2D eigenvalue weighted by Crippen LogP contribution is -2.35. The summed E-state index contributed by atoms with van der Waals surface area (Å²) < 4.78 is 0. The van der Waals surface area contributed by atoms with Gasteiger partial charge in [0, 0.05) is 26.3 Å². The number of carbonyl (C=O) groups excluding carboxylic acids is 1. The van der Waals surface area contributed by atoms with Crippen LogP contribution in [0.15, 0.2) is 6.07 Å². The van der Waals surface area contributed by atoms with Crippen molar-refractivity contribution in [3.63, 3.8) is 0 Å². The summed E-state index contributed by atoms with van der Waals surface area (Å²) in [5, 5.41) is 11.9. The molecule has 1 aromatic heterocycles. The Hall–Kier alpha value is -2.11. The van der Waals surface area contributed by atoms with Gasteiger partial charge in [0.1, 0.15) is 11.4 Å². The molecule has 0 fully saturated rings. The van der Waals surface area contributed by atoms with Crippen LogP contribution in [0.4, 0.5) is 5.82 Å². The van der Waals surface area contributed by atoms with Crippen molar-refractivity contribution >= 4 is 17.7 Å². The fourth-order valence-electron chi connectivity index (χ4n) is 2.18. The number of nitrogens with zero attached hydrogens (tertiary/aromatic N) is 2. The van der Waals surface area contributed by atoms with Gasteiger partial charge >= 0.3 is 5.97 Å². The molecule has 0 spiro atoms. The molecule has 1 rings (SSSR count). The molecule has 6 nitrogen and oxygen atoms in total. The molecule has 0 aliphatic heterocycles. The van der Waals surface area contributed by atoms with Crippen molar-refractivity contribution in [2.75, 3.05) is 25.5 Å². The fourth-order valence-corrected chi connectivity index (χ4v) is 2.18. The number of pyridine rings is 1. The molecule has 1 atom stereocenters. The smallest absolute Gasteiger partial charge is 0.339 e. The number of anilines is 1. The van der Waals surface area contributed by atoms with Crippen LogP contribution < -0.4 is 10.2 Å². The molecule has 0 aliphatic carbocycles. The highest BCUT2D eigenvalue weighted by Gasteiger charge is 2.21. The summed E-state index contributed by atoms with van der Waals surface area (Å²) >= 11 is 0. The van der Waals surface area contributed by atoms with Crippen molar-refractivity contribution in [2.45, 2.75) is 20.8 Å². The monoisotopic (exact) mass is 279 g/mol. The molecule has 1 amide bonds. The summed E-state index contributed by atoms with van der Waals surface area (Å²) in [6, 6.07) is 1.74. The van der Waals surface area contributed by atoms with Crippen LogP contribution in [0.3, 0.4) is 0 Å². The topological polar surface area (TPSA) is 82.5 Å². The molecular weight excluding hydrogens is 258 g/mol. The van der Waals surface area contributed by atoms with E-state index in [2.05, 4.69) is 10.3 Å². The molecule has 110 valence electrons. The summed E-state index contributed by atoms with van der Waals surface area (Å²) in [5.74, 6) is -0.956. The van der Waals surface area contributed by atoms with Crippen LogP contribution in [-0.2, 0) is 4.79 Å². The first-order chi connectivity index (χ1) is 9.27. The van der Waals surface area contributed by atoms with Gasteiger partial charge < -0.3 is 15.3 Å². The Morgan fingerprint density at radius 1 is 1.45 bits per heavy atom. The van der Waals surface area contributed by atoms with E-state index in [1.807, 2.05) is 6.92 Å². The lowest BCUT2D eigenvalue weighted by atomic mass is 10.1. The molecule has 0 saturated heterocycles. The van der Waals surface area contributed by atoms with Crippen LogP contribution in [0.2, 0.25) is 0 Å². The van der Waals surface area contributed by atoms with Gasteiger partial charge in [-0.1, -0.05) is 6.92 Å². The average Bonchev–Trinajstić information content (AvgIpc) is 2.35. The number of aromatic nitrogens is 1. The van der Waals surface area contributed by atoms with E-state index in [-0.39, 0.29) is 17.4 Å². The summed E-state index contributed by atoms with van der Waals surface area (Å²) in [5.41, 5.74) is 1.60. The van der Waals surface area contributed by atoms with Crippen molar-refractivity contribution in [3.05, 3.63) is 22.9 Å². The number of amides is 1. The highest BCUT2D eigenvalue weighted by Crippen LogP contribution is 2.22. The second-order valence-corrected chi connectivity index (χ2v) is 4.98. The normalized spacial score (nSPS) is 11.8. The number of hydrogen-bond acceptors (Lipinski definition) is 4. The van der Waals surface area contributed by atoms with Gasteiger partial charge in [0.15, 0.2) is 0 Å². The molecule has 0 saturated carbocycles. The highest BCUT2D eigenvalue weighted by molar-refractivity contribution is 5.95. The highest BCUT2D eigenvalue weighted by atomic mass is 16.4. The largest absolute Gasteiger partial charge is 0.478 e. The maximum absolute atomic E-state index is 11.6. The molecule has 0 aromatic carbocycles. The Kier molecular flexibility index (Phi) is 5.07. The predicted octanol–water partition coefficient (Wildman–Crippen LogP) is 1.21. The minimum atomic E-state index is -1.01. The van der Waals surface area contributed by atoms with Gasteiger partial charge in [-0.15, -0.1) is 0 Å². The summed E-state index contributed by atoms with van der Waals surface area (Å²) in [7, 11) is 3.32. The summed E-state index contributed by atoms with van der Waals surface area (Å²) in [6.45, 7) is 5.75. The Balaban J connectivity index is 3.12. The van der Waals surface area contributed by atoms with Crippen molar-refractivity contribution in [2.24, 2.45) is 5.92 Å². The van der Waals surface area contributed by atoms with Crippen LogP contribution in [0, 0.1) is 19.8 Å². The van der Waals surface area contributed by atoms with Crippen molar-refractivity contribution in [1.29, 1.82) is 0 Å². The molecule has 0 radical (unpaired) electrons. The average molecular weight is 279 g/mol. The Morgan fingerprint density at radius 3 is 2.55 bits per heavy atom. The van der Waals surface area contributed by atoms with E-state index in [1.54, 1.807) is 38.9 Å². The molecule has 0 bridgehead atoms. The third kappa shape index (κ3) is 3.46. The first kappa shape index (κ1) is 15.9. The van der Waals surface area contributed by atoms with E-state index in [9.17, 15) is 14.7 Å². The standard InChI is InChI=1S/C14H21N3O3/c1-8-6-10(3)16-12(11(8)14(19)20)17(5)7-9(2)13(18)15-4/h6,9H,7H2,1-5H3,(H,15,18)(H,19,20). The lowest BCUT2D eigenvalue weighted by molar-refractivity contribution is -0.123. The minimum absolute atomic E-state index is 0.0851. The Bertz CT molecular complexity index is 529. The van der Waals surface area contributed by atoms with Crippen molar-refractivity contribution in [3.8, 4) is 0 Å². The van der Waals surface area contributed by atoms with E-state index >= 15 is 0 Å². The molecule has 2 N–H and O–H groups in total. The van der Waals surface area contributed by atoms with E-state index in [4.69, 9.17) is 0 Å². The van der Waals surface area contributed by atoms with Crippen molar-refractivity contribution in [1.82, 2.24) is 10.3 Å². The molecule has 1 unspecified atom stereocenters. The fraction of sp³-hybridized carbons (Fsp3) is 0.500. The quantitative estimate of drug-likeness (QED) is 0.846. The Labute approximate surface area is 118 Å². The third-order valence-corrected chi connectivity index (χ3v) is 3.14. The zero-order chi connectivity index (χ0) is 15.4. The zero-order valence-corrected chi connectivity index (χ0v) is 12.5. The number of aryl methyl sites for hydroxylation is 2. The molecule has 20 heavy (non-hydrogen) atoms. The van der Waals surface area contributed by atoms with Gasteiger partial charge in [-0.25, -0.2) is 9.78 Å². The Morgan fingerprint density at radius 2 is 2.05 bits per heavy atom. The summed E-state index contributed by atoms with van der Waals surface area (Å²) in [4.78, 5) is 29.0. The van der Waals surface area contributed by atoms with Crippen LogP contribution in [0.25, 0.3) is 0 Å². The number of hydrogen-bond donors (Lipinski definition) is 2. The van der Waals surface area contributed by atoms with Crippen LogP contribution in [0.1, 0.15) is 28.5 Å². The number of carbonyl (C=O) groups is 2. The summed E-state index contributed by atoms with van der Waals surface area (Å²) in [6.07, 6.45) is 0. The van der Waals surface area contributed by atoms with Gasteiger partial charge in [0.25, 0.3) is 0 Å². The van der Waals surface area contributed by atoms with Crippen molar-refractivity contribution < 1.29 is 14.7 Å². The maximum Gasteiger partial charge on any atom is 0.339 e. The van der Waals surface area contributed by atoms with Crippen LogP contribution in [0.5, 0.6) is 0 Å². The molecule has 0 aliphatic rings. The lowest BCUT2D eigenvalue weighted by Gasteiger charge is -2.24. The molecule has 1 heterocycles. The number of carboxylic acids is 1. The number of nitrogens with one attached hydrogen (secondary N) is 1. The number of carboxylic acid groups (broad SMARTS) is 1. The second-order valence-electron chi connectivity index (χ2n) is 4.98. The van der Waals surface area contributed by atoms with E-state index in [0.717, 1.165) is 5.69 Å². The van der Waals surface area contributed by atoms with E-state index < -0.39 is 5.97 Å². The van der Waals surface area contributed by atoms with Crippen LogP contribution >= 0.6 is 0 Å².